The van der Waals surface area contributed by atoms with E-state index >= 15 is 0 Å². The SMILES string of the molecule is Cc1cc2nnc(SCC(=O)Nc3cccc(C(=O)[O-])c3)n2c2ccccc12. The smallest absolute Gasteiger partial charge is 0.234 e. The third-order valence-corrected chi connectivity index (χ3v) is 5.22. The van der Waals surface area contributed by atoms with Gasteiger partial charge in [0.2, 0.25) is 5.91 Å². The molecule has 0 fully saturated rings. The minimum absolute atomic E-state index is 0.00995. The zero-order chi connectivity index (χ0) is 19.7. The fourth-order valence-electron chi connectivity index (χ4n) is 3.02. The number of aromatic carboxylic acids is 1. The fourth-order valence-corrected chi connectivity index (χ4v) is 3.77. The third-order valence-electron chi connectivity index (χ3n) is 4.29. The van der Waals surface area contributed by atoms with Crippen LogP contribution in [0, 0.1) is 6.92 Å². The molecule has 1 amide bonds. The molecule has 0 saturated heterocycles. The summed E-state index contributed by atoms with van der Waals surface area (Å²) in [4.78, 5) is 23.2. The lowest BCUT2D eigenvalue weighted by Crippen LogP contribution is -2.22. The van der Waals surface area contributed by atoms with Crippen LogP contribution in [0.2, 0.25) is 0 Å². The number of aryl methyl sites for hydroxylation is 1. The standard InChI is InChI=1S/C20H16N4O3S/c1-12-9-17-22-23-20(24(17)16-8-3-2-7-15(12)16)28-11-18(25)21-14-6-4-5-13(10-14)19(26)27/h2-10H,11H2,1H3,(H,21,25)(H,26,27)/p-1. The van der Waals surface area contributed by atoms with Crippen molar-refractivity contribution in [2.45, 2.75) is 12.1 Å². The Kier molecular flexibility index (Phi) is 4.70. The molecular weight excluding hydrogens is 376 g/mol. The Morgan fingerprint density at radius 3 is 2.75 bits per heavy atom. The predicted molar refractivity (Wildman–Crippen MR) is 105 cm³/mol. The zero-order valence-corrected chi connectivity index (χ0v) is 15.7. The van der Waals surface area contributed by atoms with E-state index in [-0.39, 0.29) is 17.2 Å². The van der Waals surface area contributed by atoms with Crippen LogP contribution >= 0.6 is 11.8 Å². The number of nitrogens with one attached hydrogen (secondary N) is 1. The Hall–Kier alpha value is -3.39. The average molecular weight is 391 g/mol. The highest BCUT2D eigenvalue weighted by Gasteiger charge is 2.13. The van der Waals surface area contributed by atoms with Crippen LogP contribution in [0.25, 0.3) is 16.6 Å². The van der Waals surface area contributed by atoms with Crippen LogP contribution in [0.1, 0.15) is 15.9 Å². The molecule has 4 aromatic rings. The second kappa shape index (κ2) is 7.32. The maximum absolute atomic E-state index is 12.3. The Morgan fingerprint density at radius 1 is 1.11 bits per heavy atom. The van der Waals surface area contributed by atoms with E-state index in [2.05, 4.69) is 15.5 Å². The first kappa shape index (κ1) is 18.0. The van der Waals surface area contributed by atoms with Gasteiger partial charge in [0.1, 0.15) is 0 Å². The number of carboxylic acid groups (broad SMARTS) is 1. The van der Waals surface area contributed by atoms with Crippen LogP contribution in [-0.2, 0) is 4.79 Å². The molecule has 140 valence electrons. The van der Waals surface area contributed by atoms with Gasteiger partial charge in [-0.15, -0.1) is 10.2 Å². The van der Waals surface area contributed by atoms with E-state index in [4.69, 9.17) is 0 Å². The second-order valence-corrected chi connectivity index (χ2v) is 7.17. The summed E-state index contributed by atoms with van der Waals surface area (Å²) in [7, 11) is 0. The van der Waals surface area contributed by atoms with E-state index in [1.807, 2.05) is 41.7 Å². The molecular formula is C20H15N4O3S-. The van der Waals surface area contributed by atoms with Crippen molar-refractivity contribution in [3.8, 4) is 0 Å². The molecule has 0 aliphatic carbocycles. The highest BCUT2D eigenvalue weighted by Crippen LogP contribution is 2.25. The maximum atomic E-state index is 12.3. The molecule has 2 aromatic heterocycles. The van der Waals surface area contributed by atoms with Gasteiger partial charge in [-0.05, 0) is 42.3 Å². The van der Waals surface area contributed by atoms with E-state index in [0.29, 0.717) is 10.8 Å². The average Bonchev–Trinajstić information content (AvgIpc) is 3.09. The molecule has 0 bridgehead atoms. The Bertz CT molecular complexity index is 1220. The van der Waals surface area contributed by atoms with Gasteiger partial charge < -0.3 is 15.2 Å². The van der Waals surface area contributed by atoms with Crippen LogP contribution in [-0.4, -0.2) is 32.2 Å². The molecule has 7 nitrogen and oxygen atoms in total. The molecule has 0 atom stereocenters. The van der Waals surface area contributed by atoms with Gasteiger partial charge in [0.15, 0.2) is 10.8 Å². The monoisotopic (exact) mass is 391 g/mol. The molecule has 0 radical (unpaired) electrons. The van der Waals surface area contributed by atoms with Gasteiger partial charge in [-0.2, -0.15) is 0 Å². The quantitative estimate of drug-likeness (QED) is 0.524. The number of hydrogen-bond donors (Lipinski definition) is 1. The summed E-state index contributed by atoms with van der Waals surface area (Å²) in [5.41, 5.74) is 3.22. The van der Waals surface area contributed by atoms with Crippen molar-refractivity contribution in [1.82, 2.24) is 14.6 Å². The number of para-hydroxylation sites is 1. The van der Waals surface area contributed by atoms with Crippen molar-refractivity contribution in [3.05, 3.63) is 65.7 Å². The molecule has 0 spiro atoms. The van der Waals surface area contributed by atoms with E-state index in [9.17, 15) is 14.7 Å². The number of rotatable bonds is 5. The molecule has 4 rings (SSSR count). The summed E-state index contributed by atoms with van der Waals surface area (Å²) in [6, 6.07) is 15.9. The summed E-state index contributed by atoms with van der Waals surface area (Å²) in [5.74, 6) is -1.45. The van der Waals surface area contributed by atoms with E-state index in [1.54, 1.807) is 12.1 Å². The molecule has 2 heterocycles. The maximum Gasteiger partial charge on any atom is 0.234 e. The summed E-state index contributed by atoms with van der Waals surface area (Å²) in [6.07, 6.45) is 0. The lowest BCUT2D eigenvalue weighted by atomic mass is 10.1. The van der Waals surface area contributed by atoms with Gasteiger partial charge in [0.25, 0.3) is 0 Å². The molecule has 28 heavy (non-hydrogen) atoms. The van der Waals surface area contributed by atoms with Crippen LogP contribution in [0.3, 0.4) is 0 Å². The van der Waals surface area contributed by atoms with Gasteiger partial charge in [0.05, 0.1) is 17.2 Å². The van der Waals surface area contributed by atoms with Gasteiger partial charge >= 0.3 is 0 Å². The normalized spacial score (nSPS) is 11.0. The van der Waals surface area contributed by atoms with Crippen molar-refractivity contribution in [2.24, 2.45) is 0 Å². The van der Waals surface area contributed by atoms with Crippen LogP contribution in [0.15, 0.2) is 59.8 Å². The van der Waals surface area contributed by atoms with Gasteiger partial charge in [-0.25, -0.2) is 0 Å². The minimum atomic E-state index is -1.29. The van der Waals surface area contributed by atoms with Crippen molar-refractivity contribution in [2.75, 3.05) is 11.1 Å². The van der Waals surface area contributed by atoms with Gasteiger partial charge in [0, 0.05) is 11.1 Å². The molecule has 0 aliphatic heterocycles. The molecule has 0 aliphatic rings. The number of carboxylic acids is 1. The summed E-state index contributed by atoms with van der Waals surface area (Å²) in [6.45, 7) is 2.03. The van der Waals surface area contributed by atoms with Crippen molar-refractivity contribution in [3.63, 3.8) is 0 Å². The van der Waals surface area contributed by atoms with Crippen LogP contribution < -0.4 is 10.4 Å². The molecule has 0 saturated carbocycles. The lowest BCUT2D eigenvalue weighted by molar-refractivity contribution is -0.255. The first-order valence-corrected chi connectivity index (χ1v) is 9.49. The number of aromatic nitrogens is 3. The predicted octanol–water partition coefficient (Wildman–Crippen LogP) is 2.29. The van der Waals surface area contributed by atoms with Crippen molar-refractivity contribution in [1.29, 1.82) is 0 Å². The van der Waals surface area contributed by atoms with Crippen LogP contribution in [0.4, 0.5) is 5.69 Å². The fraction of sp³-hybridized carbons (Fsp3) is 0.100. The number of benzene rings is 2. The van der Waals surface area contributed by atoms with Crippen LogP contribution in [0.5, 0.6) is 0 Å². The second-order valence-electron chi connectivity index (χ2n) is 6.23. The van der Waals surface area contributed by atoms with Crippen molar-refractivity contribution >= 4 is 45.9 Å². The number of carbonyl (C=O) groups excluding carboxylic acids is 2. The largest absolute Gasteiger partial charge is 0.545 e. The molecule has 8 heteroatoms. The third kappa shape index (κ3) is 3.41. The first-order valence-electron chi connectivity index (χ1n) is 8.50. The minimum Gasteiger partial charge on any atom is -0.545 e. The first-order chi connectivity index (χ1) is 13.5. The number of thioether (sulfide) groups is 1. The number of anilines is 1. The number of nitrogens with zero attached hydrogens (tertiary/aromatic N) is 3. The Balaban J connectivity index is 1.54. The lowest BCUT2D eigenvalue weighted by Gasteiger charge is -2.09. The van der Waals surface area contributed by atoms with E-state index in [0.717, 1.165) is 22.1 Å². The number of hydrogen-bond acceptors (Lipinski definition) is 6. The number of amides is 1. The number of fused-ring (bicyclic) bond motifs is 3. The molecule has 2 aromatic carbocycles. The number of pyridine rings is 1. The van der Waals surface area contributed by atoms with Gasteiger partial charge in [-0.3, -0.25) is 9.20 Å². The summed E-state index contributed by atoms with van der Waals surface area (Å²) >= 11 is 1.26. The van der Waals surface area contributed by atoms with Gasteiger partial charge in [-0.1, -0.05) is 42.1 Å². The summed E-state index contributed by atoms with van der Waals surface area (Å²) in [5, 5.41) is 23.8. The Morgan fingerprint density at radius 2 is 1.93 bits per heavy atom. The zero-order valence-electron chi connectivity index (χ0n) is 14.9. The molecule has 1 N–H and O–H groups in total. The molecule has 0 unspecified atom stereocenters. The van der Waals surface area contributed by atoms with Crippen molar-refractivity contribution < 1.29 is 14.7 Å². The Labute approximate surface area is 164 Å². The van der Waals surface area contributed by atoms with E-state index < -0.39 is 5.97 Å². The highest BCUT2D eigenvalue weighted by atomic mass is 32.2. The van der Waals surface area contributed by atoms with E-state index in [1.165, 1.54) is 23.9 Å². The summed E-state index contributed by atoms with van der Waals surface area (Å²) < 4.78 is 1.93. The highest BCUT2D eigenvalue weighted by molar-refractivity contribution is 7.99. The number of carbonyl (C=O) groups is 2. The topological polar surface area (TPSA) is 99.4 Å².